The molecule has 1 aromatic rings. The number of halogens is 3. The molecule has 206 valence electrons. The van der Waals surface area contributed by atoms with Gasteiger partial charge >= 0.3 is 18.1 Å². The zero-order chi connectivity index (χ0) is 28.3. The van der Waals surface area contributed by atoms with Gasteiger partial charge < -0.3 is 13.9 Å². The topological polar surface area (TPSA) is 61.8 Å². The molecule has 0 spiro atoms. The van der Waals surface area contributed by atoms with Gasteiger partial charge in [0, 0.05) is 12.5 Å². The van der Waals surface area contributed by atoms with Gasteiger partial charge in [0.25, 0.3) is 0 Å². The molecule has 0 unspecified atom stereocenters. The molecule has 0 aromatic heterocycles. The van der Waals surface area contributed by atoms with Gasteiger partial charge in [-0.25, -0.2) is 0 Å². The summed E-state index contributed by atoms with van der Waals surface area (Å²) in [5.41, 5.74) is -1.95. The van der Waals surface area contributed by atoms with Crippen LogP contribution in [0.15, 0.2) is 24.3 Å². The Morgan fingerprint density at radius 3 is 1.75 bits per heavy atom. The first kappa shape index (κ1) is 32.2. The lowest BCUT2D eigenvalue weighted by molar-refractivity contribution is -0.165. The number of rotatable bonds is 8. The average Bonchev–Trinajstić information content (AvgIpc) is 2.66. The minimum atomic E-state index is -4.50. The van der Waals surface area contributed by atoms with Gasteiger partial charge in [-0.2, -0.15) is 13.2 Å². The number of alkyl halides is 3. The molecule has 1 rings (SSSR count). The van der Waals surface area contributed by atoms with E-state index in [0.29, 0.717) is 5.56 Å². The van der Waals surface area contributed by atoms with E-state index in [1.54, 1.807) is 41.5 Å². The van der Waals surface area contributed by atoms with E-state index in [1.807, 2.05) is 13.1 Å². The highest BCUT2D eigenvalue weighted by molar-refractivity contribution is 6.74. The van der Waals surface area contributed by atoms with Crippen molar-refractivity contribution in [2.45, 2.75) is 98.1 Å². The van der Waals surface area contributed by atoms with Crippen LogP contribution in [0.25, 0.3) is 0 Å². The van der Waals surface area contributed by atoms with Crippen LogP contribution < -0.4 is 0 Å². The SMILES string of the molecule is CC(C)(C)OC(=O)[C@H](CO[Si](C)(C)C(C)(C)C)[C@H](COC(=O)C(C)(C)C)c1ccc(C(F)(F)F)cc1. The third kappa shape index (κ3) is 9.54. The molecule has 0 amide bonds. The smallest absolute Gasteiger partial charge is 0.416 e. The van der Waals surface area contributed by atoms with Gasteiger partial charge in [0.15, 0.2) is 8.32 Å². The molecule has 0 saturated carbocycles. The molecule has 2 atom stereocenters. The number of hydrogen-bond acceptors (Lipinski definition) is 5. The van der Waals surface area contributed by atoms with E-state index >= 15 is 0 Å². The molecule has 0 heterocycles. The molecule has 0 fully saturated rings. The third-order valence-corrected chi connectivity index (χ3v) is 10.8. The monoisotopic (exact) mass is 532 g/mol. The number of hydrogen-bond donors (Lipinski definition) is 0. The highest BCUT2D eigenvalue weighted by atomic mass is 28.4. The van der Waals surface area contributed by atoms with E-state index in [1.165, 1.54) is 12.1 Å². The van der Waals surface area contributed by atoms with Crippen LogP contribution in [0.3, 0.4) is 0 Å². The first-order chi connectivity index (χ1) is 16.0. The molecule has 0 N–H and O–H groups in total. The van der Waals surface area contributed by atoms with E-state index in [2.05, 4.69) is 20.8 Å². The van der Waals surface area contributed by atoms with Crippen molar-refractivity contribution in [3.8, 4) is 0 Å². The van der Waals surface area contributed by atoms with Crippen molar-refractivity contribution in [2.24, 2.45) is 11.3 Å². The van der Waals surface area contributed by atoms with Crippen molar-refractivity contribution in [3.63, 3.8) is 0 Å². The lowest BCUT2D eigenvalue weighted by atomic mass is 9.86. The van der Waals surface area contributed by atoms with Gasteiger partial charge in [0.1, 0.15) is 5.60 Å². The number of benzene rings is 1. The van der Waals surface area contributed by atoms with E-state index in [9.17, 15) is 22.8 Å². The average molecular weight is 533 g/mol. The van der Waals surface area contributed by atoms with Crippen LogP contribution in [-0.4, -0.2) is 39.1 Å². The van der Waals surface area contributed by atoms with E-state index in [-0.39, 0.29) is 18.3 Å². The lowest BCUT2D eigenvalue weighted by Crippen LogP contribution is -2.44. The van der Waals surface area contributed by atoms with Crippen LogP contribution in [0.4, 0.5) is 13.2 Å². The highest BCUT2D eigenvalue weighted by Gasteiger charge is 2.41. The summed E-state index contributed by atoms with van der Waals surface area (Å²) >= 11 is 0. The second kappa shape index (κ2) is 11.3. The summed E-state index contributed by atoms with van der Waals surface area (Å²) in [7, 11) is -2.29. The van der Waals surface area contributed by atoms with Gasteiger partial charge in [-0.1, -0.05) is 32.9 Å². The van der Waals surface area contributed by atoms with Gasteiger partial charge in [0.05, 0.1) is 23.5 Å². The summed E-state index contributed by atoms with van der Waals surface area (Å²) in [6.07, 6.45) is -4.50. The lowest BCUT2D eigenvalue weighted by Gasteiger charge is -2.38. The molecule has 0 radical (unpaired) electrons. The maximum absolute atomic E-state index is 13.4. The maximum Gasteiger partial charge on any atom is 0.416 e. The highest BCUT2D eigenvalue weighted by Crippen LogP contribution is 2.39. The molecule has 0 aliphatic rings. The number of carbonyl (C=O) groups excluding carboxylic acids is 2. The van der Waals surface area contributed by atoms with Crippen molar-refractivity contribution < 1.29 is 36.7 Å². The maximum atomic E-state index is 13.4. The summed E-state index contributed by atoms with van der Waals surface area (Å²) in [4.78, 5) is 25.9. The molecule has 0 aliphatic carbocycles. The van der Waals surface area contributed by atoms with Crippen molar-refractivity contribution in [3.05, 3.63) is 35.4 Å². The van der Waals surface area contributed by atoms with Crippen LogP contribution in [0.2, 0.25) is 18.1 Å². The summed E-state index contributed by atoms with van der Waals surface area (Å²) in [6, 6.07) is 4.58. The van der Waals surface area contributed by atoms with Crippen molar-refractivity contribution in [2.75, 3.05) is 13.2 Å². The largest absolute Gasteiger partial charge is 0.465 e. The van der Waals surface area contributed by atoms with Gasteiger partial charge in [-0.3, -0.25) is 9.59 Å². The fraction of sp³-hybridized carbons (Fsp3) is 0.704. The standard InChI is InChI=1S/C27H43F3O5Si/c1-24(2,3)23(32)33-16-20(18-12-14-19(15-13-18)27(28,29)30)21(22(31)35-25(4,5)6)17-34-36(10,11)26(7,8)9/h12-15,20-21H,16-17H2,1-11H3/t20-,21-/m1/s1. The molecule has 0 aliphatic heterocycles. The quantitative estimate of drug-likeness (QED) is 0.259. The first-order valence-electron chi connectivity index (χ1n) is 12.2. The minimum Gasteiger partial charge on any atom is -0.465 e. The van der Waals surface area contributed by atoms with E-state index < -0.39 is 54.8 Å². The Kier molecular flexibility index (Phi) is 10.0. The van der Waals surface area contributed by atoms with Crippen LogP contribution >= 0.6 is 0 Å². The van der Waals surface area contributed by atoms with Gasteiger partial charge in [-0.05, 0) is 77.4 Å². The van der Waals surface area contributed by atoms with E-state index in [0.717, 1.165) is 12.1 Å². The number of ether oxygens (including phenoxy) is 2. The Morgan fingerprint density at radius 1 is 0.861 bits per heavy atom. The predicted octanol–water partition coefficient (Wildman–Crippen LogP) is 7.36. The predicted molar refractivity (Wildman–Crippen MR) is 137 cm³/mol. The summed E-state index contributed by atoms with van der Waals surface area (Å²) < 4.78 is 57.2. The van der Waals surface area contributed by atoms with Gasteiger partial charge in [-0.15, -0.1) is 0 Å². The molecule has 36 heavy (non-hydrogen) atoms. The molecular weight excluding hydrogens is 489 g/mol. The van der Waals surface area contributed by atoms with Crippen LogP contribution in [0.1, 0.15) is 79.4 Å². The second-order valence-electron chi connectivity index (χ2n) is 12.8. The van der Waals surface area contributed by atoms with Crippen LogP contribution in [0, 0.1) is 11.3 Å². The number of carbonyl (C=O) groups is 2. The molecule has 0 saturated heterocycles. The fourth-order valence-corrected chi connectivity index (χ4v) is 4.02. The zero-order valence-corrected chi connectivity index (χ0v) is 24.6. The van der Waals surface area contributed by atoms with Crippen molar-refractivity contribution in [1.82, 2.24) is 0 Å². The molecular formula is C27H43F3O5Si. The Balaban J connectivity index is 3.50. The fourth-order valence-electron chi connectivity index (χ4n) is 2.99. The van der Waals surface area contributed by atoms with Crippen LogP contribution in [0.5, 0.6) is 0 Å². The molecule has 5 nitrogen and oxygen atoms in total. The molecule has 9 heteroatoms. The Morgan fingerprint density at radius 2 is 1.36 bits per heavy atom. The Labute approximate surface area is 215 Å². The summed E-state index contributed by atoms with van der Waals surface area (Å²) in [6.45, 7) is 20.4. The van der Waals surface area contributed by atoms with E-state index in [4.69, 9.17) is 13.9 Å². The third-order valence-electron chi connectivity index (χ3n) is 6.30. The Bertz CT molecular complexity index is 888. The minimum absolute atomic E-state index is 0.00976. The number of esters is 2. The van der Waals surface area contributed by atoms with Crippen molar-refractivity contribution in [1.29, 1.82) is 0 Å². The first-order valence-corrected chi connectivity index (χ1v) is 15.1. The normalized spacial score (nSPS) is 15.3. The molecule has 0 bridgehead atoms. The van der Waals surface area contributed by atoms with Crippen molar-refractivity contribution >= 4 is 20.3 Å². The summed E-state index contributed by atoms with van der Waals surface area (Å²) in [5.74, 6) is -2.70. The second-order valence-corrected chi connectivity index (χ2v) is 17.6. The molecule has 1 aromatic carbocycles. The summed E-state index contributed by atoms with van der Waals surface area (Å²) in [5, 5.41) is -0.131. The zero-order valence-electron chi connectivity index (χ0n) is 23.6. The Hall–Kier alpha value is -1.87. The van der Waals surface area contributed by atoms with Crippen LogP contribution in [-0.2, 0) is 29.7 Å². The van der Waals surface area contributed by atoms with Gasteiger partial charge in [0.2, 0.25) is 0 Å².